The van der Waals surface area contributed by atoms with Crippen LogP contribution in [-0.2, 0) is 9.53 Å². The molecule has 2 heterocycles. The number of hydrogen-bond acceptors (Lipinski definition) is 7. The van der Waals surface area contributed by atoms with Crippen molar-refractivity contribution in [3.05, 3.63) is 96.7 Å². The molecule has 1 atom stereocenters. The van der Waals surface area contributed by atoms with E-state index in [4.69, 9.17) is 14.2 Å². The van der Waals surface area contributed by atoms with E-state index in [0.717, 1.165) is 5.56 Å². The molecule has 0 N–H and O–H groups in total. The minimum absolute atomic E-state index is 0.211. The molecule has 0 bridgehead atoms. The maximum atomic E-state index is 13.6. The summed E-state index contributed by atoms with van der Waals surface area (Å²) >= 11 is 1.28. The monoisotopic (exact) mass is 490 g/mol. The second-order valence-corrected chi connectivity index (χ2v) is 8.72. The Kier molecular flexibility index (Phi) is 7.31. The fourth-order valence-corrected chi connectivity index (χ4v) is 4.95. The van der Waals surface area contributed by atoms with Crippen molar-refractivity contribution in [3.63, 3.8) is 0 Å². The van der Waals surface area contributed by atoms with Crippen molar-refractivity contribution >= 4 is 29.5 Å². The van der Waals surface area contributed by atoms with Crippen LogP contribution in [-0.4, -0.2) is 31.4 Å². The number of ether oxygens (including phenoxy) is 3. The highest BCUT2D eigenvalue weighted by Gasteiger charge is 2.33. The van der Waals surface area contributed by atoms with E-state index in [0.29, 0.717) is 37.7 Å². The summed E-state index contributed by atoms with van der Waals surface area (Å²) in [5, 5.41) is 0. The zero-order valence-corrected chi connectivity index (χ0v) is 20.8. The molecule has 4 rings (SSSR count). The average molecular weight is 491 g/mol. The lowest BCUT2D eigenvalue weighted by Gasteiger charge is -2.25. The van der Waals surface area contributed by atoms with Crippen LogP contribution < -0.4 is 24.4 Å². The van der Waals surface area contributed by atoms with Crippen molar-refractivity contribution in [3.8, 4) is 11.5 Å². The molecular weight excluding hydrogens is 464 g/mol. The molecule has 0 radical (unpaired) electrons. The van der Waals surface area contributed by atoms with Crippen LogP contribution in [0.25, 0.3) is 12.2 Å². The zero-order valence-electron chi connectivity index (χ0n) is 20.0. The van der Waals surface area contributed by atoms with Gasteiger partial charge in [-0.1, -0.05) is 59.9 Å². The van der Waals surface area contributed by atoms with Gasteiger partial charge in [0.15, 0.2) is 16.3 Å². The zero-order chi connectivity index (χ0) is 24.9. The van der Waals surface area contributed by atoms with E-state index in [9.17, 15) is 9.59 Å². The second-order valence-electron chi connectivity index (χ2n) is 7.71. The standard InChI is InChI=1S/C27H26N2O5S/c1-5-34-26(31)23-17(2)28-27-29(24(23)19-14-15-20(32-3)21(16-19)33-4)25(30)22(35-27)13-9-12-18-10-7-6-8-11-18/h6-16,24H,5H2,1-4H3/b12-9+,22-13-. The second kappa shape index (κ2) is 10.6. The van der Waals surface area contributed by atoms with Crippen LogP contribution >= 0.6 is 11.3 Å². The van der Waals surface area contributed by atoms with Crippen LogP contribution in [0.3, 0.4) is 0 Å². The fraction of sp³-hybridized carbons (Fsp3) is 0.222. The number of nitrogens with zero attached hydrogens (tertiary/aromatic N) is 2. The normalized spacial score (nSPS) is 15.7. The average Bonchev–Trinajstić information content (AvgIpc) is 3.18. The highest BCUT2D eigenvalue weighted by molar-refractivity contribution is 7.07. The van der Waals surface area contributed by atoms with Gasteiger partial charge in [-0.15, -0.1) is 0 Å². The van der Waals surface area contributed by atoms with Gasteiger partial charge in [-0.05, 0) is 43.2 Å². The summed E-state index contributed by atoms with van der Waals surface area (Å²) < 4.78 is 18.2. The Hall–Kier alpha value is -3.91. The van der Waals surface area contributed by atoms with E-state index in [1.165, 1.54) is 11.3 Å². The van der Waals surface area contributed by atoms with Crippen LogP contribution in [0.1, 0.15) is 31.0 Å². The van der Waals surface area contributed by atoms with Crippen LogP contribution in [0.4, 0.5) is 0 Å². The first-order valence-corrected chi connectivity index (χ1v) is 11.9. The van der Waals surface area contributed by atoms with Crippen molar-refractivity contribution in [1.29, 1.82) is 0 Å². The molecule has 0 spiro atoms. The molecule has 3 aromatic rings. The third-order valence-corrected chi connectivity index (χ3v) is 6.58. The van der Waals surface area contributed by atoms with Gasteiger partial charge in [-0.3, -0.25) is 9.36 Å². The van der Waals surface area contributed by atoms with Crippen molar-refractivity contribution in [2.24, 2.45) is 4.99 Å². The van der Waals surface area contributed by atoms with E-state index in [1.807, 2.05) is 48.6 Å². The van der Waals surface area contributed by atoms with Gasteiger partial charge in [-0.25, -0.2) is 9.79 Å². The summed E-state index contributed by atoms with van der Waals surface area (Å²) in [6.45, 7) is 3.71. The maximum Gasteiger partial charge on any atom is 0.338 e. The Balaban J connectivity index is 1.89. The van der Waals surface area contributed by atoms with Gasteiger partial charge in [-0.2, -0.15) is 0 Å². The lowest BCUT2D eigenvalue weighted by Crippen LogP contribution is -2.39. The van der Waals surface area contributed by atoms with Gasteiger partial charge in [0.05, 0.1) is 42.7 Å². The number of fused-ring (bicyclic) bond motifs is 1. The van der Waals surface area contributed by atoms with Crippen LogP contribution in [0.5, 0.6) is 11.5 Å². The smallest absolute Gasteiger partial charge is 0.338 e. The highest BCUT2D eigenvalue weighted by Crippen LogP contribution is 2.36. The Morgan fingerprint density at radius 1 is 1.11 bits per heavy atom. The van der Waals surface area contributed by atoms with Crippen molar-refractivity contribution in [1.82, 2.24) is 4.57 Å². The molecule has 2 aromatic carbocycles. The number of hydrogen-bond donors (Lipinski definition) is 0. The number of thiazole rings is 1. The summed E-state index contributed by atoms with van der Waals surface area (Å²) in [5.41, 5.74) is 2.31. The van der Waals surface area contributed by atoms with E-state index >= 15 is 0 Å². The lowest BCUT2D eigenvalue weighted by molar-refractivity contribution is -0.139. The van der Waals surface area contributed by atoms with Gasteiger partial charge in [0.2, 0.25) is 0 Å². The van der Waals surface area contributed by atoms with Crippen LogP contribution in [0, 0.1) is 0 Å². The molecule has 180 valence electrons. The third-order valence-electron chi connectivity index (χ3n) is 5.58. The SMILES string of the molecule is CCOC(=O)C1=C(C)N=c2s/c(=C\C=C\c3ccccc3)c(=O)n2C1c1ccc(OC)c(OC)c1. The van der Waals surface area contributed by atoms with Gasteiger partial charge in [0, 0.05) is 0 Å². The first-order chi connectivity index (χ1) is 17.0. The Labute approximate surface area is 206 Å². The molecule has 1 aromatic heterocycles. The van der Waals surface area contributed by atoms with Crippen LogP contribution in [0.15, 0.2) is 75.7 Å². The largest absolute Gasteiger partial charge is 0.493 e. The summed E-state index contributed by atoms with van der Waals surface area (Å²) in [7, 11) is 3.09. The number of esters is 1. The summed E-state index contributed by atoms with van der Waals surface area (Å²) in [4.78, 5) is 31.7. The first kappa shape index (κ1) is 24.2. The highest BCUT2D eigenvalue weighted by atomic mass is 32.1. The fourth-order valence-electron chi connectivity index (χ4n) is 3.95. The van der Waals surface area contributed by atoms with Gasteiger partial charge in [0.25, 0.3) is 5.56 Å². The molecule has 7 nitrogen and oxygen atoms in total. The molecule has 0 amide bonds. The summed E-state index contributed by atoms with van der Waals surface area (Å²) in [6, 6.07) is 14.5. The number of allylic oxidation sites excluding steroid dienone is 2. The van der Waals surface area contributed by atoms with E-state index in [-0.39, 0.29) is 12.2 Å². The predicted molar refractivity (Wildman–Crippen MR) is 136 cm³/mol. The Morgan fingerprint density at radius 2 is 1.86 bits per heavy atom. The quantitative estimate of drug-likeness (QED) is 0.474. The lowest BCUT2D eigenvalue weighted by atomic mass is 9.95. The van der Waals surface area contributed by atoms with Gasteiger partial charge in [0.1, 0.15) is 0 Å². The molecular formula is C27H26N2O5S. The molecule has 1 aliphatic rings. The van der Waals surface area contributed by atoms with E-state index in [1.54, 1.807) is 50.8 Å². The summed E-state index contributed by atoms with van der Waals surface area (Å²) in [6.07, 6.45) is 5.54. The van der Waals surface area contributed by atoms with E-state index < -0.39 is 12.0 Å². The topological polar surface area (TPSA) is 79.1 Å². The molecule has 0 aliphatic carbocycles. The summed E-state index contributed by atoms with van der Waals surface area (Å²) in [5.74, 6) is 0.538. The third kappa shape index (κ3) is 4.83. The minimum atomic E-state index is -0.717. The first-order valence-electron chi connectivity index (χ1n) is 11.1. The number of methoxy groups -OCH3 is 2. The van der Waals surface area contributed by atoms with Crippen molar-refractivity contribution < 1.29 is 19.0 Å². The maximum absolute atomic E-state index is 13.6. The number of rotatable bonds is 7. The minimum Gasteiger partial charge on any atom is -0.493 e. The Bertz CT molecular complexity index is 1480. The molecule has 0 saturated heterocycles. The molecule has 0 fully saturated rings. The van der Waals surface area contributed by atoms with Gasteiger partial charge < -0.3 is 14.2 Å². The molecule has 1 aliphatic heterocycles. The molecule has 35 heavy (non-hydrogen) atoms. The number of carbonyl (C=O) groups is 1. The van der Waals surface area contributed by atoms with Crippen molar-refractivity contribution in [2.45, 2.75) is 19.9 Å². The van der Waals surface area contributed by atoms with Crippen molar-refractivity contribution in [2.75, 3.05) is 20.8 Å². The molecule has 8 heteroatoms. The Morgan fingerprint density at radius 3 is 2.54 bits per heavy atom. The van der Waals surface area contributed by atoms with Gasteiger partial charge >= 0.3 is 5.97 Å². The number of carbonyl (C=O) groups excluding carboxylic acids is 1. The van der Waals surface area contributed by atoms with E-state index in [2.05, 4.69) is 4.99 Å². The molecule has 0 saturated carbocycles. The predicted octanol–water partition coefficient (Wildman–Crippen LogP) is 3.48. The molecule has 1 unspecified atom stereocenters. The number of aromatic nitrogens is 1. The number of benzene rings is 2. The van der Waals surface area contributed by atoms with Crippen LogP contribution in [0.2, 0.25) is 0 Å².